The van der Waals surface area contributed by atoms with Crippen LogP contribution < -0.4 is 25.7 Å². The van der Waals surface area contributed by atoms with E-state index in [0.29, 0.717) is 74.1 Å². The summed E-state index contributed by atoms with van der Waals surface area (Å²) in [5.74, 6) is 4.65. The van der Waals surface area contributed by atoms with Gasteiger partial charge in [0.1, 0.15) is 52.3 Å². The van der Waals surface area contributed by atoms with Crippen LogP contribution in [0, 0.1) is 17.8 Å². The quantitative estimate of drug-likeness (QED) is 0.0444. The molecule has 9 aromatic rings. The fraction of sp³-hybridized carbons (Fsp3) is 0.443. The monoisotopic (exact) mass is 1650 g/mol. The largest absolute Gasteiger partial charge is 0.497 e. The summed E-state index contributed by atoms with van der Waals surface area (Å²) in [7, 11) is 7.61. The van der Waals surface area contributed by atoms with E-state index in [1.54, 1.807) is 88.5 Å². The van der Waals surface area contributed by atoms with Crippen molar-refractivity contribution >= 4 is 122 Å². The Kier molecular flexibility index (Phi) is 38.3. The predicted octanol–water partition coefficient (Wildman–Crippen LogP) is 15.9. The number of ether oxygens (including phenoxy) is 5. The molecule has 0 aliphatic heterocycles. The van der Waals surface area contributed by atoms with Crippen LogP contribution in [0.25, 0.3) is 0 Å². The third-order valence-electron chi connectivity index (χ3n) is 16.8. The number of hydrogen-bond acceptors (Lipinski definition) is 26. The van der Waals surface area contributed by atoms with E-state index in [9.17, 15) is 18.3 Å². The summed E-state index contributed by atoms with van der Waals surface area (Å²) in [5.41, 5.74) is 16.6. The lowest BCUT2D eigenvalue weighted by molar-refractivity contribution is -0.148. The summed E-state index contributed by atoms with van der Waals surface area (Å²) >= 11 is 14.1. The number of ketones is 1. The average Bonchev–Trinajstić information content (AvgIpc) is 1.85. The van der Waals surface area contributed by atoms with E-state index in [2.05, 4.69) is 127 Å². The van der Waals surface area contributed by atoms with Crippen molar-refractivity contribution in [2.45, 2.75) is 135 Å². The van der Waals surface area contributed by atoms with Gasteiger partial charge < -0.3 is 40.3 Å². The number of nitrogens with zero attached hydrogens (tertiary/aromatic N) is 12. The van der Waals surface area contributed by atoms with E-state index in [-0.39, 0.29) is 27.0 Å². The zero-order valence-corrected chi connectivity index (χ0v) is 65.1. The third kappa shape index (κ3) is 30.1. The molecule has 31 heteroatoms. The SMILES string of the molecule is BrC(Br)Br.COc1cccc(C(OC)C(=O)Cc2nnc(CC3CCC(c4cccnn4)CC3)s2)c1.COc1cccc(C(OC)C(=O)O)c1.COc1cccc(C=O)c1.CSF.Nc1nnc(CC2CCC(c3cccnn3)CC2)s1.Nc1nnc(CC2CCC(c3cccnn3)CC2)s1. The van der Waals surface area contributed by atoms with E-state index < -0.39 is 18.2 Å². The van der Waals surface area contributed by atoms with Crippen molar-refractivity contribution < 1.29 is 47.1 Å². The van der Waals surface area contributed by atoms with E-state index in [1.807, 2.05) is 42.5 Å². The zero-order chi connectivity index (χ0) is 72.7. The highest BCUT2D eigenvalue weighted by Crippen LogP contribution is 2.40. The maximum absolute atomic E-state index is 12.9. The normalized spacial score (nSPS) is 18.0. The van der Waals surface area contributed by atoms with Crippen molar-refractivity contribution in [3.63, 3.8) is 0 Å². The number of nitrogen functional groups attached to an aromatic ring is 2. The van der Waals surface area contributed by atoms with Crippen LogP contribution in [-0.4, -0.2) is 129 Å². The summed E-state index contributed by atoms with van der Waals surface area (Å²) in [5, 5.41) is 63.1. The summed E-state index contributed by atoms with van der Waals surface area (Å²) in [6.07, 6.45) is 23.2. The van der Waals surface area contributed by atoms with Gasteiger partial charge in [0, 0.05) is 93.8 Å². The van der Waals surface area contributed by atoms with Gasteiger partial charge in [0.25, 0.3) is 0 Å². The van der Waals surface area contributed by atoms with Gasteiger partial charge in [-0.25, -0.2) is 4.79 Å². The molecule has 3 saturated carbocycles. The number of halogens is 4. The van der Waals surface area contributed by atoms with Crippen LogP contribution in [0.3, 0.4) is 0 Å². The molecule has 23 nitrogen and oxygen atoms in total. The Bertz CT molecular complexity index is 3690. The Morgan fingerprint density at radius 3 is 1.19 bits per heavy atom. The van der Waals surface area contributed by atoms with Gasteiger partial charge in [-0.2, -0.15) is 34.5 Å². The van der Waals surface area contributed by atoms with Crippen molar-refractivity contribution in [3.05, 3.63) is 182 Å². The van der Waals surface area contributed by atoms with Gasteiger partial charge in [-0.15, -0.1) is 41.9 Å². The minimum Gasteiger partial charge on any atom is -0.497 e. The maximum atomic E-state index is 12.9. The molecule has 0 radical (unpaired) electrons. The first-order chi connectivity index (χ1) is 49.0. The molecule has 6 aromatic heterocycles. The van der Waals surface area contributed by atoms with Crippen molar-refractivity contribution in [2.75, 3.05) is 53.3 Å². The first kappa shape index (κ1) is 83.0. The Hall–Kier alpha value is -6.97. The van der Waals surface area contributed by atoms with Crippen LogP contribution in [0.1, 0.15) is 166 Å². The highest BCUT2D eigenvalue weighted by molar-refractivity contribution is 9.38. The number of methoxy groups -OCH3 is 5. The first-order valence-corrected chi connectivity index (χ1v) is 38.9. The van der Waals surface area contributed by atoms with Gasteiger partial charge in [0.2, 0.25) is 10.3 Å². The lowest BCUT2D eigenvalue weighted by Gasteiger charge is -2.27. The van der Waals surface area contributed by atoms with E-state index in [0.717, 1.165) is 93.9 Å². The Morgan fingerprint density at radius 1 is 0.515 bits per heavy atom. The predicted molar refractivity (Wildman–Crippen MR) is 405 cm³/mol. The van der Waals surface area contributed by atoms with Crippen molar-refractivity contribution in [1.82, 2.24) is 61.2 Å². The number of nitrogens with two attached hydrogens (primary N) is 2. The second-order valence-corrected chi connectivity index (χ2v) is 33.5. The molecule has 5 N–H and O–H groups in total. The molecule has 12 rings (SSSR count). The molecule has 3 aliphatic carbocycles. The lowest BCUT2D eigenvalue weighted by atomic mass is 9.79. The number of Topliss-reactive ketones (excluding diaryl/α,β-unsaturated/α-hetero) is 1. The topological polar surface area (TPSA) is 324 Å². The molecular weight excluding hydrogens is 1570 g/mol. The van der Waals surface area contributed by atoms with E-state index >= 15 is 0 Å². The molecule has 101 heavy (non-hydrogen) atoms. The molecule has 0 spiro atoms. The summed E-state index contributed by atoms with van der Waals surface area (Å²) in [4.78, 5) is 33.9. The number of carbonyl (C=O) groups is 3. The molecule has 0 amide bonds. The smallest absolute Gasteiger partial charge is 0.337 e. The molecule has 3 aromatic carbocycles. The number of aromatic nitrogens is 12. The summed E-state index contributed by atoms with van der Waals surface area (Å²) < 4.78 is 35.9. The molecular formula is C70H86Br3FN14O9S4. The second kappa shape index (κ2) is 46.6. The number of benzene rings is 3. The number of carboxylic acid groups (broad SMARTS) is 1. The van der Waals surface area contributed by atoms with Gasteiger partial charge in [-0.05, 0) is 179 Å². The Balaban J connectivity index is 0.000000203. The standard InChI is InChI=1S/C24H28N4O3S.2C13H17N5S.C10H12O4.C8H8O2.CHBr3.CH3FS/c1-30-19-6-3-5-18(14-19)24(31-2)21(29)15-23-28-27-22(32-23)13-16-8-10-17(11-9-16)20-7-4-12-25-26-20;2*14-13-18-17-12(19-13)8-9-3-5-10(6-4-9)11-2-1-7-15-16-11;1-13-8-5-3-4-7(6-8)9(14-2)10(11)12;1-10-8-4-2-3-7(5-8)6-9;2-1(3)4;1-3-2/h3-7,12,14,16-17,24H,8-11,13,15H2,1-2H3;2*1-2,7,9-10H,3-6,8H2,(H2,14,18);3-6,9H,1-2H3,(H,11,12);2-6H,1H3;1H;1H3. The van der Waals surface area contributed by atoms with Gasteiger partial charge in [-0.3, -0.25) is 9.59 Å². The number of carbonyl (C=O) groups excluding carboxylic acids is 2. The van der Waals surface area contributed by atoms with E-state index in [4.69, 9.17) is 40.3 Å². The minimum atomic E-state index is -1.01. The van der Waals surface area contributed by atoms with Gasteiger partial charge in [0.15, 0.2) is 11.9 Å². The van der Waals surface area contributed by atoms with Crippen molar-refractivity contribution in [2.24, 2.45) is 17.8 Å². The molecule has 6 heterocycles. The number of rotatable bonds is 21. The maximum Gasteiger partial charge on any atom is 0.337 e. The number of aldehydes is 1. The second-order valence-electron chi connectivity index (χ2n) is 23.4. The van der Waals surface area contributed by atoms with Gasteiger partial charge in [0.05, 0.1) is 44.8 Å². The van der Waals surface area contributed by atoms with E-state index in [1.165, 1.54) is 106 Å². The molecule has 0 saturated heterocycles. The minimum absolute atomic E-state index is 0.0343. The molecule has 2 atom stereocenters. The van der Waals surface area contributed by atoms with Crippen LogP contribution >= 0.6 is 93.9 Å². The summed E-state index contributed by atoms with van der Waals surface area (Å²) in [6.45, 7) is 0. The van der Waals surface area contributed by atoms with Gasteiger partial charge in [-0.1, -0.05) is 107 Å². The third-order valence-corrected chi connectivity index (χ3v) is 19.3. The van der Waals surface area contributed by atoms with Crippen LogP contribution in [0.4, 0.5) is 14.1 Å². The van der Waals surface area contributed by atoms with Crippen LogP contribution in [0.2, 0.25) is 0 Å². The number of anilines is 2. The van der Waals surface area contributed by atoms with Crippen molar-refractivity contribution in [3.8, 4) is 17.2 Å². The number of hydrogen-bond donors (Lipinski definition) is 3. The highest BCUT2D eigenvalue weighted by Gasteiger charge is 2.29. The highest BCUT2D eigenvalue weighted by atomic mass is 80.0. The lowest BCUT2D eigenvalue weighted by Crippen LogP contribution is -2.17. The zero-order valence-electron chi connectivity index (χ0n) is 57.1. The number of aliphatic carboxylic acids is 1. The van der Waals surface area contributed by atoms with Crippen LogP contribution in [0.5, 0.6) is 17.2 Å². The molecule has 542 valence electrons. The fourth-order valence-corrected chi connectivity index (χ4v) is 14.3. The molecule has 3 fully saturated rings. The Labute approximate surface area is 630 Å². The fourth-order valence-electron chi connectivity index (χ4n) is 11.9. The van der Waals surface area contributed by atoms with Crippen LogP contribution in [-0.2, 0) is 44.7 Å². The summed E-state index contributed by atoms with van der Waals surface area (Å²) in [6, 6.07) is 33.3. The number of alkyl halides is 3. The number of carboxylic acids is 1. The molecule has 2 unspecified atom stereocenters. The molecule has 0 bridgehead atoms. The van der Waals surface area contributed by atoms with Crippen molar-refractivity contribution in [1.29, 1.82) is 0 Å². The van der Waals surface area contributed by atoms with Gasteiger partial charge >= 0.3 is 5.97 Å². The first-order valence-electron chi connectivity index (χ1n) is 32.5. The Morgan fingerprint density at radius 2 is 0.861 bits per heavy atom. The molecule has 3 aliphatic rings. The average molecular weight is 1650 g/mol. The van der Waals surface area contributed by atoms with Crippen LogP contribution in [0.15, 0.2) is 128 Å².